The van der Waals surface area contributed by atoms with Gasteiger partial charge in [0.25, 0.3) is 5.91 Å². The number of nitrogens with zero attached hydrogens (tertiary/aromatic N) is 1. The van der Waals surface area contributed by atoms with Crippen molar-refractivity contribution in [3.05, 3.63) is 65.7 Å². The van der Waals surface area contributed by atoms with E-state index in [9.17, 15) is 9.90 Å². The van der Waals surface area contributed by atoms with Gasteiger partial charge in [-0.1, -0.05) is 30.3 Å². The number of hydrogen-bond donors (Lipinski definition) is 1. The topological polar surface area (TPSA) is 49.8 Å². The quantitative estimate of drug-likeness (QED) is 0.939. The Balaban J connectivity index is 1.60. The second-order valence-corrected chi connectivity index (χ2v) is 6.32. The van der Waals surface area contributed by atoms with E-state index >= 15 is 0 Å². The Morgan fingerprint density at radius 2 is 1.88 bits per heavy atom. The summed E-state index contributed by atoms with van der Waals surface area (Å²) in [6.07, 6.45) is 1.01. The largest absolute Gasteiger partial charge is 0.489 e. The molecule has 4 nitrogen and oxygen atoms in total. The van der Waals surface area contributed by atoms with Gasteiger partial charge in [0.1, 0.15) is 12.4 Å². The predicted octanol–water partition coefficient (Wildman–Crippen LogP) is 3.25. The van der Waals surface area contributed by atoms with Gasteiger partial charge in [0.2, 0.25) is 0 Å². The molecule has 0 saturated carbocycles. The highest BCUT2D eigenvalue weighted by atomic mass is 16.5. The zero-order valence-electron chi connectivity index (χ0n) is 13.9. The van der Waals surface area contributed by atoms with Gasteiger partial charge < -0.3 is 14.7 Å². The maximum Gasteiger partial charge on any atom is 0.254 e. The standard InChI is InChI=1S/C20H23NO3/c1-15-13-18(22)11-12-21(15)20(23)17-9-7-16(8-10-17)14-24-19-5-3-2-4-6-19/h2-10,15,18,22H,11-14H2,1H3. The van der Waals surface area contributed by atoms with E-state index in [1.54, 1.807) is 0 Å². The van der Waals surface area contributed by atoms with Crippen molar-refractivity contribution in [1.29, 1.82) is 0 Å². The van der Waals surface area contributed by atoms with Crippen LogP contribution in [0.5, 0.6) is 5.75 Å². The van der Waals surface area contributed by atoms with Crippen LogP contribution in [0.25, 0.3) is 0 Å². The van der Waals surface area contributed by atoms with Crippen molar-refractivity contribution in [3.8, 4) is 5.75 Å². The molecule has 3 rings (SSSR count). The SMILES string of the molecule is CC1CC(O)CCN1C(=O)c1ccc(COc2ccccc2)cc1. The third kappa shape index (κ3) is 3.95. The summed E-state index contributed by atoms with van der Waals surface area (Å²) in [4.78, 5) is 14.5. The molecule has 1 aliphatic rings. The molecule has 1 fully saturated rings. The van der Waals surface area contributed by atoms with Gasteiger partial charge in [0, 0.05) is 18.2 Å². The molecule has 0 aliphatic carbocycles. The molecule has 1 heterocycles. The smallest absolute Gasteiger partial charge is 0.254 e. The number of rotatable bonds is 4. The van der Waals surface area contributed by atoms with E-state index in [2.05, 4.69) is 0 Å². The Morgan fingerprint density at radius 3 is 2.54 bits per heavy atom. The lowest BCUT2D eigenvalue weighted by Gasteiger charge is -2.36. The maximum atomic E-state index is 12.6. The average molecular weight is 325 g/mol. The summed E-state index contributed by atoms with van der Waals surface area (Å²) in [5, 5.41) is 9.69. The first kappa shape index (κ1) is 16.5. The lowest BCUT2D eigenvalue weighted by Crippen LogP contribution is -2.46. The number of para-hydroxylation sites is 1. The fourth-order valence-corrected chi connectivity index (χ4v) is 3.04. The summed E-state index contributed by atoms with van der Waals surface area (Å²) in [6.45, 7) is 3.08. The van der Waals surface area contributed by atoms with E-state index in [1.165, 1.54) is 0 Å². The number of carbonyl (C=O) groups excluding carboxylic acids is 1. The van der Waals surface area contributed by atoms with Gasteiger partial charge in [-0.15, -0.1) is 0 Å². The van der Waals surface area contributed by atoms with Crippen LogP contribution < -0.4 is 4.74 Å². The maximum absolute atomic E-state index is 12.6. The summed E-state index contributed by atoms with van der Waals surface area (Å²) in [6, 6.07) is 17.3. The number of carbonyl (C=O) groups is 1. The lowest BCUT2D eigenvalue weighted by molar-refractivity contribution is 0.0365. The fourth-order valence-electron chi connectivity index (χ4n) is 3.04. The van der Waals surface area contributed by atoms with Gasteiger partial charge in [-0.05, 0) is 49.6 Å². The van der Waals surface area contributed by atoms with Gasteiger partial charge in [-0.3, -0.25) is 4.79 Å². The molecule has 2 unspecified atom stereocenters. The van der Waals surface area contributed by atoms with E-state index in [1.807, 2.05) is 66.4 Å². The Morgan fingerprint density at radius 1 is 1.17 bits per heavy atom. The van der Waals surface area contributed by atoms with Crippen molar-refractivity contribution in [2.24, 2.45) is 0 Å². The molecule has 0 radical (unpaired) electrons. The predicted molar refractivity (Wildman–Crippen MR) is 93.0 cm³/mol. The van der Waals surface area contributed by atoms with Gasteiger partial charge in [0.15, 0.2) is 0 Å². The summed E-state index contributed by atoms with van der Waals surface area (Å²) in [7, 11) is 0. The van der Waals surface area contributed by atoms with E-state index in [0.717, 1.165) is 11.3 Å². The third-order valence-corrected chi connectivity index (χ3v) is 4.46. The minimum absolute atomic E-state index is 0.0323. The number of aliphatic hydroxyl groups excluding tert-OH is 1. The van der Waals surface area contributed by atoms with Gasteiger partial charge in [-0.2, -0.15) is 0 Å². The lowest BCUT2D eigenvalue weighted by atomic mass is 9.99. The minimum Gasteiger partial charge on any atom is -0.489 e. The van der Waals surface area contributed by atoms with Gasteiger partial charge >= 0.3 is 0 Å². The molecule has 1 amide bonds. The summed E-state index contributed by atoms with van der Waals surface area (Å²) >= 11 is 0. The second-order valence-electron chi connectivity index (χ2n) is 6.32. The first-order valence-electron chi connectivity index (χ1n) is 8.39. The fraction of sp³-hybridized carbons (Fsp3) is 0.350. The number of benzene rings is 2. The molecule has 126 valence electrons. The van der Waals surface area contributed by atoms with Crippen molar-refractivity contribution in [2.45, 2.75) is 38.5 Å². The molecule has 0 spiro atoms. The molecular formula is C20H23NO3. The highest BCUT2D eigenvalue weighted by Gasteiger charge is 2.28. The van der Waals surface area contributed by atoms with Crippen molar-refractivity contribution in [2.75, 3.05) is 6.54 Å². The van der Waals surface area contributed by atoms with E-state index in [4.69, 9.17) is 4.74 Å². The van der Waals surface area contributed by atoms with E-state index in [0.29, 0.717) is 31.6 Å². The van der Waals surface area contributed by atoms with E-state index in [-0.39, 0.29) is 18.1 Å². The summed E-state index contributed by atoms with van der Waals surface area (Å²) in [5.41, 5.74) is 1.71. The van der Waals surface area contributed by atoms with Crippen LogP contribution in [-0.4, -0.2) is 34.6 Å². The van der Waals surface area contributed by atoms with Crippen LogP contribution in [0.1, 0.15) is 35.7 Å². The number of piperidine rings is 1. The zero-order chi connectivity index (χ0) is 16.9. The highest BCUT2D eigenvalue weighted by Crippen LogP contribution is 2.20. The molecule has 1 N–H and O–H groups in total. The second kappa shape index (κ2) is 7.49. The van der Waals surface area contributed by atoms with Gasteiger partial charge in [-0.25, -0.2) is 0 Å². The Bertz CT molecular complexity index is 669. The van der Waals surface area contributed by atoms with Gasteiger partial charge in [0.05, 0.1) is 6.10 Å². The molecular weight excluding hydrogens is 302 g/mol. The normalized spacial score (nSPS) is 20.7. The van der Waals surface area contributed by atoms with Crippen LogP contribution >= 0.6 is 0 Å². The number of hydrogen-bond acceptors (Lipinski definition) is 3. The summed E-state index contributed by atoms with van der Waals surface area (Å²) < 4.78 is 5.71. The monoisotopic (exact) mass is 325 g/mol. The number of likely N-dealkylation sites (tertiary alicyclic amines) is 1. The molecule has 4 heteroatoms. The molecule has 2 aromatic carbocycles. The van der Waals surface area contributed by atoms with Crippen molar-refractivity contribution >= 4 is 5.91 Å². The third-order valence-electron chi connectivity index (χ3n) is 4.46. The van der Waals surface area contributed by atoms with Crippen molar-refractivity contribution in [3.63, 3.8) is 0 Å². The molecule has 2 aromatic rings. The molecule has 24 heavy (non-hydrogen) atoms. The first-order chi connectivity index (χ1) is 11.6. The molecule has 2 atom stereocenters. The van der Waals surface area contributed by atoms with Crippen molar-refractivity contribution in [1.82, 2.24) is 4.90 Å². The van der Waals surface area contributed by atoms with Crippen LogP contribution in [0.2, 0.25) is 0 Å². The minimum atomic E-state index is -0.290. The molecule has 1 aliphatic heterocycles. The average Bonchev–Trinajstić information content (AvgIpc) is 2.61. The summed E-state index contributed by atoms with van der Waals surface area (Å²) in [5.74, 6) is 0.864. The molecule has 0 aromatic heterocycles. The highest BCUT2D eigenvalue weighted by molar-refractivity contribution is 5.94. The Kier molecular flexibility index (Phi) is 5.16. The Hall–Kier alpha value is -2.33. The van der Waals surface area contributed by atoms with E-state index < -0.39 is 0 Å². The Labute approximate surface area is 142 Å². The number of aliphatic hydroxyl groups is 1. The zero-order valence-corrected chi connectivity index (χ0v) is 13.9. The van der Waals surface area contributed by atoms with Crippen LogP contribution in [0.15, 0.2) is 54.6 Å². The van der Waals surface area contributed by atoms with Crippen molar-refractivity contribution < 1.29 is 14.6 Å². The molecule has 1 saturated heterocycles. The number of ether oxygens (including phenoxy) is 1. The van der Waals surface area contributed by atoms with Crippen LogP contribution in [0.3, 0.4) is 0 Å². The first-order valence-corrected chi connectivity index (χ1v) is 8.39. The van der Waals surface area contributed by atoms with Crippen LogP contribution in [-0.2, 0) is 6.61 Å². The number of amides is 1. The van der Waals surface area contributed by atoms with Crippen LogP contribution in [0.4, 0.5) is 0 Å². The molecule has 0 bridgehead atoms. The van der Waals surface area contributed by atoms with Crippen LogP contribution in [0, 0.1) is 0 Å².